The van der Waals surface area contributed by atoms with Gasteiger partial charge < -0.3 is 0 Å². The SMILES string of the molecule is OC[C@@H]1[C@@H](O)[C@H](O)C[Se+]1C[C@@H](O)[C@H]1OC(c2ccc(F)c(Cl)c2)OC[C@H]1O. The molecule has 5 N–H and O–H groups in total. The molecule has 8 atom stereocenters. The van der Waals surface area contributed by atoms with Crippen LogP contribution in [0.15, 0.2) is 18.2 Å². The van der Waals surface area contributed by atoms with E-state index < -0.39 is 61.3 Å². The summed E-state index contributed by atoms with van der Waals surface area (Å²) in [6, 6.07) is 3.99. The zero-order chi connectivity index (χ0) is 19.7. The van der Waals surface area contributed by atoms with Crippen LogP contribution in [-0.2, 0) is 9.47 Å². The fourth-order valence-corrected chi connectivity index (χ4v) is 9.15. The molecule has 0 saturated carbocycles. The van der Waals surface area contributed by atoms with E-state index in [1.165, 1.54) is 18.2 Å². The molecule has 0 amide bonds. The van der Waals surface area contributed by atoms with E-state index in [0.717, 1.165) is 0 Å². The number of halogens is 2. The van der Waals surface area contributed by atoms with Crippen LogP contribution in [0.1, 0.15) is 11.9 Å². The number of hydrogen-bond donors (Lipinski definition) is 5. The predicted molar refractivity (Wildman–Crippen MR) is 95.2 cm³/mol. The van der Waals surface area contributed by atoms with Gasteiger partial charge in [0.2, 0.25) is 0 Å². The number of aliphatic hydroxyl groups excluding tert-OH is 5. The molecule has 7 nitrogen and oxygen atoms in total. The molecular weight excluding hydrogens is 450 g/mol. The third kappa shape index (κ3) is 4.64. The van der Waals surface area contributed by atoms with Crippen molar-refractivity contribution in [2.24, 2.45) is 0 Å². The molecule has 1 aromatic rings. The summed E-state index contributed by atoms with van der Waals surface area (Å²) >= 11 is 4.06. The second kappa shape index (κ2) is 9.00. The van der Waals surface area contributed by atoms with Crippen molar-refractivity contribution in [1.82, 2.24) is 0 Å². The van der Waals surface area contributed by atoms with Crippen molar-refractivity contribution in [3.8, 4) is 0 Å². The van der Waals surface area contributed by atoms with Crippen LogP contribution >= 0.6 is 11.6 Å². The molecule has 0 aliphatic carbocycles. The van der Waals surface area contributed by atoms with Gasteiger partial charge in [0, 0.05) is 0 Å². The van der Waals surface area contributed by atoms with Crippen molar-refractivity contribution in [2.45, 2.75) is 52.3 Å². The van der Waals surface area contributed by atoms with Gasteiger partial charge in [-0.1, -0.05) is 0 Å². The average molecular weight is 473 g/mol. The van der Waals surface area contributed by atoms with E-state index >= 15 is 0 Å². The van der Waals surface area contributed by atoms with E-state index in [0.29, 0.717) is 10.9 Å². The van der Waals surface area contributed by atoms with Gasteiger partial charge in [-0.05, 0) is 0 Å². The molecule has 27 heavy (non-hydrogen) atoms. The summed E-state index contributed by atoms with van der Waals surface area (Å²) in [6.45, 7) is -0.343. The Bertz CT molecular complexity index is 654. The van der Waals surface area contributed by atoms with Gasteiger partial charge in [-0.2, -0.15) is 0 Å². The van der Waals surface area contributed by atoms with Crippen molar-refractivity contribution < 1.29 is 39.4 Å². The molecule has 152 valence electrons. The van der Waals surface area contributed by atoms with Crippen LogP contribution in [0.3, 0.4) is 0 Å². The fourth-order valence-electron chi connectivity index (χ4n) is 3.34. The fraction of sp³-hybridized carbons (Fsp3) is 0.647. The summed E-state index contributed by atoms with van der Waals surface area (Å²) < 4.78 is 24.5. The Balaban J connectivity index is 1.68. The van der Waals surface area contributed by atoms with E-state index in [1.54, 1.807) is 0 Å². The van der Waals surface area contributed by atoms with Crippen LogP contribution in [0, 0.1) is 5.82 Å². The van der Waals surface area contributed by atoms with Crippen LogP contribution < -0.4 is 0 Å². The number of hydrogen-bond acceptors (Lipinski definition) is 7. The maximum absolute atomic E-state index is 13.3. The van der Waals surface area contributed by atoms with Crippen molar-refractivity contribution in [1.29, 1.82) is 0 Å². The molecule has 0 bridgehead atoms. The van der Waals surface area contributed by atoms with Crippen molar-refractivity contribution in [3.05, 3.63) is 34.6 Å². The van der Waals surface area contributed by atoms with Crippen molar-refractivity contribution in [2.75, 3.05) is 13.2 Å². The van der Waals surface area contributed by atoms with Gasteiger partial charge in [0.1, 0.15) is 0 Å². The topological polar surface area (TPSA) is 120 Å². The third-order valence-electron chi connectivity index (χ3n) is 4.83. The molecule has 2 aliphatic heterocycles. The first kappa shape index (κ1) is 21.4. The molecule has 0 radical (unpaired) electrons. The number of ether oxygens (including phenoxy) is 2. The molecule has 2 fully saturated rings. The van der Waals surface area contributed by atoms with Gasteiger partial charge in [-0.3, -0.25) is 0 Å². The zero-order valence-corrected chi connectivity index (χ0v) is 16.8. The Morgan fingerprint density at radius 2 is 2.00 bits per heavy atom. The minimum atomic E-state index is -1.72. The molecule has 0 aromatic heterocycles. The maximum atomic E-state index is 13.3. The Kier molecular flexibility index (Phi) is 7.13. The summed E-state index contributed by atoms with van der Waals surface area (Å²) in [5, 5.41) is 50.5. The molecule has 10 heteroatoms. The van der Waals surface area contributed by atoms with E-state index in [9.17, 15) is 29.9 Å². The quantitative estimate of drug-likeness (QED) is 0.389. The van der Waals surface area contributed by atoms with E-state index in [-0.39, 0.29) is 23.6 Å². The summed E-state index contributed by atoms with van der Waals surface area (Å²) in [7, 11) is 0. The summed E-state index contributed by atoms with van der Waals surface area (Å²) in [5.74, 6) is -0.577. The van der Waals surface area contributed by atoms with E-state index in [1.807, 2.05) is 0 Å². The Hall–Kier alpha value is -0.321. The number of aliphatic hydroxyl groups is 5. The van der Waals surface area contributed by atoms with E-state index in [2.05, 4.69) is 0 Å². The van der Waals surface area contributed by atoms with Crippen LogP contribution in [0.4, 0.5) is 4.39 Å². The van der Waals surface area contributed by atoms with Gasteiger partial charge in [-0.25, -0.2) is 0 Å². The monoisotopic (exact) mass is 473 g/mol. The number of benzene rings is 1. The minimum absolute atomic E-state index is 0.0826. The van der Waals surface area contributed by atoms with Gasteiger partial charge in [0.25, 0.3) is 0 Å². The number of rotatable bonds is 5. The first-order valence-electron chi connectivity index (χ1n) is 8.53. The molecule has 1 aromatic carbocycles. The second-order valence-corrected chi connectivity index (χ2v) is 12.1. The van der Waals surface area contributed by atoms with Gasteiger partial charge in [-0.15, -0.1) is 0 Å². The molecule has 2 unspecified atom stereocenters. The van der Waals surface area contributed by atoms with Crippen LogP contribution in [0.25, 0.3) is 0 Å². The molecule has 3 rings (SSSR count). The van der Waals surface area contributed by atoms with Crippen molar-refractivity contribution >= 4 is 25.5 Å². The first-order valence-corrected chi connectivity index (χ1v) is 12.3. The first-order chi connectivity index (χ1) is 12.8. The van der Waals surface area contributed by atoms with Gasteiger partial charge in [0.05, 0.1) is 0 Å². The predicted octanol–water partition coefficient (Wildman–Crippen LogP) is 0.208. The molecule has 0 spiro atoms. The average Bonchev–Trinajstić information content (AvgIpc) is 2.90. The standard InChI is InChI=1S/C17H23ClFO7Se/c18-9-3-8(1-2-10(9)19)17-25-5-11(21)16(26-17)13(23)7-27-6-12(22)15(24)14(27)4-20/h1-3,11-17,20-24H,4-7H2/q+1/t11-,12-,13-,14-,15+,16+,17?,27?/m1/s1. The summed E-state index contributed by atoms with van der Waals surface area (Å²) in [6.07, 6.45) is -5.90. The van der Waals surface area contributed by atoms with E-state index in [4.69, 9.17) is 21.1 Å². The second-order valence-electron chi connectivity index (χ2n) is 6.72. The normalized spacial score (nSPS) is 38.1. The van der Waals surface area contributed by atoms with Crippen LogP contribution in [0.2, 0.25) is 20.5 Å². The van der Waals surface area contributed by atoms with Gasteiger partial charge in [0.15, 0.2) is 0 Å². The van der Waals surface area contributed by atoms with Crippen LogP contribution in [-0.4, -0.2) is 83.2 Å². The Morgan fingerprint density at radius 1 is 1.26 bits per heavy atom. The summed E-state index contributed by atoms with van der Waals surface area (Å²) in [4.78, 5) is -0.432. The molecule has 2 saturated heterocycles. The Labute approximate surface area is 165 Å². The zero-order valence-electron chi connectivity index (χ0n) is 14.3. The molecule has 2 aliphatic rings. The van der Waals surface area contributed by atoms with Crippen LogP contribution in [0.5, 0.6) is 0 Å². The third-order valence-corrected chi connectivity index (χ3v) is 11.0. The molecular formula is C17H23ClFO7Se+. The van der Waals surface area contributed by atoms with Gasteiger partial charge >= 0.3 is 165 Å². The Morgan fingerprint density at radius 3 is 2.67 bits per heavy atom. The summed E-state index contributed by atoms with van der Waals surface area (Å²) in [5.41, 5.74) is 0.460. The molecule has 2 heterocycles. The van der Waals surface area contributed by atoms with Crippen molar-refractivity contribution in [3.63, 3.8) is 0 Å².